The van der Waals surface area contributed by atoms with Crippen LogP contribution in [0.3, 0.4) is 0 Å². The second-order valence-electron chi connectivity index (χ2n) is 4.56. The maximum Gasteiger partial charge on any atom is 0.237 e. The molecule has 0 bridgehead atoms. The summed E-state index contributed by atoms with van der Waals surface area (Å²) < 4.78 is 21.5. The molecule has 1 aliphatic rings. The highest BCUT2D eigenvalue weighted by atomic mass is 32.2. The van der Waals surface area contributed by atoms with Crippen molar-refractivity contribution in [3.8, 4) is 0 Å². The van der Waals surface area contributed by atoms with Crippen LogP contribution in [0.1, 0.15) is 11.1 Å². The van der Waals surface area contributed by atoms with Crippen molar-refractivity contribution >= 4 is 15.9 Å². The molecule has 1 aromatic rings. The predicted octanol–water partition coefficient (Wildman–Crippen LogP) is -0.894. The molecule has 1 amide bonds. The number of nitrogens with one attached hydrogen (secondary N) is 2. The Morgan fingerprint density at radius 3 is 2.74 bits per heavy atom. The molecule has 1 heterocycles. The minimum Gasteiger partial charge on any atom is -0.354 e. The lowest BCUT2D eigenvalue weighted by atomic mass is 9.95. The summed E-state index contributed by atoms with van der Waals surface area (Å²) in [4.78, 5) is 11.9. The van der Waals surface area contributed by atoms with Crippen LogP contribution in [0.25, 0.3) is 0 Å². The zero-order valence-electron chi connectivity index (χ0n) is 10.4. The molecule has 0 spiro atoms. The van der Waals surface area contributed by atoms with Crippen LogP contribution >= 0.6 is 0 Å². The lowest BCUT2D eigenvalue weighted by Gasteiger charge is -2.25. The van der Waals surface area contributed by atoms with Crippen LogP contribution in [0.2, 0.25) is 0 Å². The number of carbonyl (C=O) groups excluding carboxylic acids is 1. The molecule has 0 saturated heterocycles. The van der Waals surface area contributed by atoms with Gasteiger partial charge in [0.05, 0.1) is 11.8 Å². The summed E-state index contributed by atoms with van der Waals surface area (Å²) in [5, 5.41) is 10.6. The fourth-order valence-electron chi connectivity index (χ4n) is 2.08. The second kappa shape index (κ2) is 5.68. The van der Waals surface area contributed by atoms with Gasteiger partial charge < -0.3 is 10.6 Å². The molecule has 0 fully saturated rings. The van der Waals surface area contributed by atoms with E-state index in [-0.39, 0.29) is 24.2 Å². The van der Waals surface area contributed by atoms with Gasteiger partial charge in [0.15, 0.2) is 0 Å². The van der Waals surface area contributed by atoms with Crippen LogP contribution in [0.15, 0.2) is 24.3 Å². The number of primary sulfonamides is 1. The number of hydrogen-bond acceptors (Lipinski definition) is 4. The first-order chi connectivity index (χ1) is 8.96. The lowest BCUT2D eigenvalue weighted by molar-refractivity contribution is -0.123. The largest absolute Gasteiger partial charge is 0.354 e. The first-order valence-electron chi connectivity index (χ1n) is 6.04. The average Bonchev–Trinajstić information content (AvgIpc) is 2.36. The standard InChI is InChI=1S/C12H17N3O3S/c13-19(17,18)6-5-14-12(16)11-7-9-3-1-2-4-10(9)8-15-11/h1-4,11,15H,5-8H2,(H,14,16)(H2,13,17,18)/t11-/m1/s1. The van der Waals surface area contributed by atoms with E-state index >= 15 is 0 Å². The highest BCUT2D eigenvalue weighted by Gasteiger charge is 2.23. The molecule has 4 N–H and O–H groups in total. The maximum atomic E-state index is 11.9. The smallest absolute Gasteiger partial charge is 0.237 e. The van der Waals surface area contributed by atoms with Gasteiger partial charge in [-0.2, -0.15) is 0 Å². The SMILES string of the molecule is NS(=O)(=O)CCNC(=O)[C@H]1Cc2ccccc2CN1. The average molecular weight is 283 g/mol. The van der Waals surface area contributed by atoms with Gasteiger partial charge in [0, 0.05) is 13.1 Å². The Bertz CT molecular complexity index is 571. The van der Waals surface area contributed by atoms with Crippen LogP contribution in [-0.2, 0) is 27.8 Å². The Hall–Kier alpha value is -1.44. The molecule has 7 heteroatoms. The summed E-state index contributed by atoms with van der Waals surface area (Å²) in [6, 6.07) is 7.61. The Labute approximate surface area is 112 Å². The third kappa shape index (κ3) is 4.02. The van der Waals surface area contributed by atoms with E-state index in [4.69, 9.17) is 5.14 Å². The van der Waals surface area contributed by atoms with E-state index in [2.05, 4.69) is 10.6 Å². The topological polar surface area (TPSA) is 101 Å². The molecule has 1 aromatic carbocycles. The third-order valence-electron chi connectivity index (χ3n) is 3.08. The van der Waals surface area contributed by atoms with Crippen molar-refractivity contribution < 1.29 is 13.2 Å². The van der Waals surface area contributed by atoms with Gasteiger partial charge in [0.1, 0.15) is 0 Å². The van der Waals surface area contributed by atoms with Gasteiger partial charge in [-0.3, -0.25) is 4.79 Å². The van der Waals surface area contributed by atoms with Crippen molar-refractivity contribution in [3.05, 3.63) is 35.4 Å². The maximum absolute atomic E-state index is 11.9. The summed E-state index contributed by atoms with van der Waals surface area (Å²) in [5.74, 6) is -0.444. The van der Waals surface area contributed by atoms with Gasteiger partial charge in [-0.15, -0.1) is 0 Å². The van der Waals surface area contributed by atoms with Gasteiger partial charge >= 0.3 is 0 Å². The molecule has 2 rings (SSSR count). The van der Waals surface area contributed by atoms with E-state index in [9.17, 15) is 13.2 Å². The zero-order chi connectivity index (χ0) is 13.9. The van der Waals surface area contributed by atoms with E-state index in [1.165, 1.54) is 5.56 Å². The number of benzene rings is 1. The molecule has 19 heavy (non-hydrogen) atoms. The van der Waals surface area contributed by atoms with E-state index in [1.807, 2.05) is 24.3 Å². The molecule has 0 aliphatic carbocycles. The van der Waals surface area contributed by atoms with E-state index in [1.54, 1.807) is 0 Å². The van der Waals surface area contributed by atoms with E-state index in [0.717, 1.165) is 5.56 Å². The van der Waals surface area contributed by atoms with Gasteiger partial charge in [-0.1, -0.05) is 24.3 Å². The summed E-state index contributed by atoms with van der Waals surface area (Å²) >= 11 is 0. The van der Waals surface area contributed by atoms with E-state index in [0.29, 0.717) is 13.0 Å². The minimum atomic E-state index is -3.53. The quantitative estimate of drug-likeness (QED) is 0.667. The zero-order valence-corrected chi connectivity index (χ0v) is 11.2. The Balaban J connectivity index is 1.89. The predicted molar refractivity (Wildman–Crippen MR) is 71.8 cm³/mol. The first kappa shape index (κ1) is 14.0. The third-order valence-corrected chi connectivity index (χ3v) is 3.86. The summed E-state index contributed by atoms with van der Waals surface area (Å²) in [6.45, 7) is 0.681. The van der Waals surface area contributed by atoms with Crippen LogP contribution < -0.4 is 15.8 Å². The Morgan fingerprint density at radius 1 is 1.37 bits per heavy atom. The van der Waals surface area contributed by atoms with Crippen LogP contribution in [0.4, 0.5) is 0 Å². The van der Waals surface area contributed by atoms with Gasteiger partial charge in [0.25, 0.3) is 0 Å². The normalized spacial score (nSPS) is 18.7. The highest BCUT2D eigenvalue weighted by Crippen LogP contribution is 2.16. The van der Waals surface area contributed by atoms with Crippen LogP contribution in [-0.4, -0.2) is 32.7 Å². The van der Waals surface area contributed by atoms with E-state index < -0.39 is 10.0 Å². The first-order valence-corrected chi connectivity index (χ1v) is 7.75. The molecular weight excluding hydrogens is 266 g/mol. The molecule has 1 atom stereocenters. The number of hydrogen-bond donors (Lipinski definition) is 3. The van der Waals surface area contributed by atoms with Crippen molar-refractivity contribution in [2.75, 3.05) is 12.3 Å². The molecular formula is C12H17N3O3S. The number of carbonyl (C=O) groups is 1. The Kier molecular flexibility index (Phi) is 4.18. The molecule has 1 aliphatic heterocycles. The van der Waals surface area contributed by atoms with Crippen LogP contribution in [0, 0.1) is 0 Å². The second-order valence-corrected chi connectivity index (χ2v) is 6.30. The summed E-state index contributed by atoms with van der Waals surface area (Å²) in [5.41, 5.74) is 2.34. The minimum absolute atomic E-state index is 0.0392. The number of sulfonamides is 1. The van der Waals surface area contributed by atoms with Crippen molar-refractivity contribution in [1.82, 2.24) is 10.6 Å². The van der Waals surface area contributed by atoms with Crippen molar-refractivity contribution in [2.45, 2.75) is 19.0 Å². The molecule has 0 unspecified atom stereocenters. The number of rotatable bonds is 4. The molecule has 0 saturated carbocycles. The molecule has 104 valence electrons. The number of amides is 1. The fraction of sp³-hybridized carbons (Fsp3) is 0.417. The van der Waals surface area contributed by atoms with Crippen LogP contribution in [0.5, 0.6) is 0 Å². The van der Waals surface area contributed by atoms with Gasteiger partial charge in [-0.05, 0) is 17.5 Å². The monoisotopic (exact) mass is 283 g/mol. The Morgan fingerprint density at radius 2 is 2.05 bits per heavy atom. The molecule has 0 aromatic heterocycles. The molecule has 6 nitrogen and oxygen atoms in total. The van der Waals surface area contributed by atoms with Crippen molar-refractivity contribution in [3.63, 3.8) is 0 Å². The fourth-order valence-corrected chi connectivity index (χ4v) is 2.47. The van der Waals surface area contributed by atoms with Gasteiger partial charge in [-0.25, -0.2) is 13.6 Å². The number of fused-ring (bicyclic) bond motifs is 1. The van der Waals surface area contributed by atoms with Gasteiger partial charge in [0.2, 0.25) is 15.9 Å². The molecule has 0 radical (unpaired) electrons. The van der Waals surface area contributed by atoms with Crippen molar-refractivity contribution in [1.29, 1.82) is 0 Å². The summed E-state index contributed by atoms with van der Waals surface area (Å²) in [7, 11) is -3.53. The lowest BCUT2D eigenvalue weighted by Crippen LogP contribution is -2.48. The number of nitrogens with two attached hydrogens (primary N) is 1. The summed E-state index contributed by atoms with van der Waals surface area (Å²) in [6.07, 6.45) is 0.609. The highest BCUT2D eigenvalue weighted by molar-refractivity contribution is 7.89. The van der Waals surface area contributed by atoms with Crippen molar-refractivity contribution in [2.24, 2.45) is 5.14 Å².